The number of hydrogen-bond acceptors (Lipinski definition) is 5. The summed E-state index contributed by atoms with van der Waals surface area (Å²) < 4.78 is 41.5. The maximum absolute atomic E-state index is 15.7. The van der Waals surface area contributed by atoms with E-state index in [1.807, 2.05) is 0 Å². The second-order valence-electron chi connectivity index (χ2n) is 7.08. The van der Waals surface area contributed by atoms with Crippen LogP contribution >= 0.6 is 11.6 Å². The summed E-state index contributed by atoms with van der Waals surface area (Å²) in [4.78, 5) is 25.2. The van der Waals surface area contributed by atoms with E-state index >= 15 is 8.78 Å². The van der Waals surface area contributed by atoms with Gasteiger partial charge in [-0.2, -0.15) is 8.78 Å². The highest BCUT2D eigenvalue weighted by atomic mass is 35.5. The highest BCUT2D eigenvalue weighted by Gasteiger charge is 2.84. The summed E-state index contributed by atoms with van der Waals surface area (Å²) in [7, 11) is 1.37. The van der Waals surface area contributed by atoms with Gasteiger partial charge in [0.05, 0.1) is 12.7 Å². The number of ether oxygens (including phenoxy) is 2. The lowest BCUT2D eigenvalue weighted by atomic mass is 9.63. The van der Waals surface area contributed by atoms with E-state index in [1.54, 1.807) is 6.07 Å². The molecule has 1 amide bonds. The van der Waals surface area contributed by atoms with Crippen molar-refractivity contribution in [3.63, 3.8) is 0 Å². The van der Waals surface area contributed by atoms with E-state index < -0.39 is 35.1 Å². The monoisotopic (exact) mass is 416 g/mol. The van der Waals surface area contributed by atoms with Crippen LogP contribution in [0.2, 0.25) is 5.02 Å². The molecule has 2 fully saturated rings. The summed E-state index contributed by atoms with van der Waals surface area (Å²) >= 11 is 5.88. The van der Waals surface area contributed by atoms with Crippen molar-refractivity contribution in [2.45, 2.75) is 55.8 Å². The van der Waals surface area contributed by atoms with E-state index in [0.29, 0.717) is 12.8 Å². The fraction of sp³-hybridized carbons (Fsp3) is 0.579. The van der Waals surface area contributed by atoms with Gasteiger partial charge >= 0.3 is 11.9 Å². The Morgan fingerprint density at radius 1 is 1.36 bits per heavy atom. The predicted molar refractivity (Wildman–Crippen MR) is 98.4 cm³/mol. The summed E-state index contributed by atoms with van der Waals surface area (Å²) in [5.41, 5.74) is -4.35. The molecule has 0 aromatic heterocycles. The first-order valence-electron chi connectivity index (χ1n) is 9.19. The molecule has 6 nitrogen and oxygen atoms in total. The molecule has 1 heterocycles. The lowest BCUT2D eigenvalue weighted by Crippen LogP contribution is -2.97. The average molecular weight is 417 g/mol. The third-order valence-electron chi connectivity index (χ3n) is 5.53. The molecule has 154 valence electrons. The van der Waals surface area contributed by atoms with Crippen LogP contribution in [0.4, 0.5) is 8.78 Å². The van der Waals surface area contributed by atoms with Crippen molar-refractivity contribution in [2.24, 2.45) is 0 Å². The van der Waals surface area contributed by atoms with E-state index in [0.717, 1.165) is 6.42 Å². The van der Waals surface area contributed by atoms with Gasteiger partial charge in [-0.15, -0.1) is 0 Å². The Kier molecular flexibility index (Phi) is 5.67. The molecule has 1 saturated heterocycles. The summed E-state index contributed by atoms with van der Waals surface area (Å²) in [5, 5.41) is 5.13. The van der Waals surface area contributed by atoms with Crippen LogP contribution in [0.5, 0.6) is 0 Å². The van der Waals surface area contributed by atoms with Gasteiger partial charge in [-0.3, -0.25) is 10.1 Å². The summed E-state index contributed by atoms with van der Waals surface area (Å²) in [5.74, 6) is -5.72. The van der Waals surface area contributed by atoms with Crippen LogP contribution < -0.4 is 10.6 Å². The molecule has 1 saturated carbocycles. The number of esters is 1. The fourth-order valence-electron chi connectivity index (χ4n) is 4.18. The summed E-state index contributed by atoms with van der Waals surface area (Å²) in [6.07, 6.45) is 1.07. The molecule has 1 aromatic rings. The zero-order valence-corrected chi connectivity index (χ0v) is 16.4. The lowest BCUT2D eigenvalue weighted by molar-refractivity contribution is -0.290. The van der Waals surface area contributed by atoms with Gasteiger partial charge in [-0.05, 0) is 38.0 Å². The molecule has 1 aliphatic carbocycles. The predicted octanol–water partition coefficient (Wildman–Crippen LogP) is 2.90. The first-order valence-corrected chi connectivity index (χ1v) is 9.57. The minimum Gasteiger partial charge on any atom is -0.463 e. The van der Waals surface area contributed by atoms with E-state index in [2.05, 4.69) is 10.6 Å². The summed E-state index contributed by atoms with van der Waals surface area (Å²) in [6, 6.07) is 5.83. The smallest absolute Gasteiger partial charge is 0.353 e. The van der Waals surface area contributed by atoms with Crippen molar-refractivity contribution < 1.29 is 27.8 Å². The fourth-order valence-corrected chi connectivity index (χ4v) is 4.37. The third kappa shape index (κ3) is 2.98. The van der Waals surface area contributed by atoms with Gasteiger partial charge in [0.25, 0.3) is 11.6 Å². The van der Waals surface area contributed by atoms with E-state index in [9.17, 15) is 9.59 Å². The molecule has 2 N–H and O–H groups in total. The number of benzene rings is 1. The van der Waals surface area contributed by atoms with Crippen LogP contribution in [-0.2, 0) is 14.3 Å². The van der Waals surface area contributed by atoms with Crippen LogP contribution in [0.1, 0.15) is 43.0 Å². The van der Waals surface area contributed by atoms with Gasteiger partial charge in [0, 0.05) is 17.7 Å². The van der Waals surface area contributed by atoms with Crippen molar-refractivity contribution in [1.29, 1.82) is 0 Å². The zero-order chi connectivity index (χ0) is 20.6. The molecule has 9 heteroatoms. The number of halogens is 3. The second kappa shape index (κ2) is 7.57. The number of nitrogens with one attached hydrogen (secondary N) is 2. The van der Waals surface area contributed by atoms with Crippen LogP contribution in [-0.4, -0.2) is 48.8 Å². The van der Waals surface area contributed by atoms with Crippen molar-refractivity contribution in [3.05, 3.63) is 34.9 Å². The van der Waals surface area contributed by atoms with E-state index in [4.69, 9.17) is 21.1 Å². The average Bonchev–Trinajstić information content (AvgIpc) is 2.67. The number of amides is 1. The molecular formula is C19H23ClF2N2O4. The Morgan fingerprint density at radius 3 is 2.71 bits per heavy atom. The van der Waals surface area contributed by atoms with Gasteiger partial charge in [0.1, 0.15) is 5.54 Å². The maximum Gasteiger partial charge on any atom is 0.353 e. The standard InChI is InChI=1S/C19H23ClF2N2O4/c1-3-28-16(26)18(23-15(25)12-7-6-8-13(20)11-12)19(21,22)17(24-18)10-5-4-9-14(17)27-2/h6-8,11,14,24H,3-5,9-10H2,1-2H3,(H,23,25). The second-order valence-corrected chi connectivity index (χ2v) is 7.51. The minimum absolute atomic E-state index is 0.0571. The van der Waals surface area contributed by atoms with Crippen molar-refractivity contribution in [1.82, 2.24) is 10.6 Å². The molecule has 2 aliphatic rings. The Labute approximate surface area is 166 Å². The van der Waals surface area contributed by atoms with Gasteiger partial charge in [0.15, 0.2) is 0 Å². The SMILES string of the molecule is CCOC(=O)C1(NC(=O)c2cccc(Cl)c2)NC2(CCCCC2OC)C1(F)F. The number of hydrogen-bond donors (Lipinski definition) is 2. The van der Waals surface area contributed by atoms with Crippen LogP contribution in [0.15, 0.2) is 24.3 Å². The molecule has 3 atom stereocenters. The Morgan fingerprint density at radius 2 is 2.11 bits per heavy atom. The van der Waals surface area contributed by atoms with Crippen LogP contribution in [0.3, 0.4) is 0 Å². The van der Waals surface area contributed by atoms with Gasteiger partial charge in [-0.25, -0.2) is 4.79 Å². The number of methoxy groups -OCH3 is 1. The Bertz CT molecular complexity index is 778. The number of alkyl halides is 2. The molecular weight excluding hydrogens is 394 g/mol. The largest absolute Gasteiger partial charge is 0.463 e. The number of rotatable bonds is 5. The topological polar surface area (TPSA) is 76.7 Å². The molecule has 0 bridgehead atoms. The van der Waals surface area contributed by atoms with Crippen molar-refractivity contribution >= 4 is 23.5 Å². The van der Waals surface area contributed by atoms with E-state index in [1.165, 1.54) is 32.2 Å². The van der Waals surface area contributed by atoms with Gasteiger partial charge in [-0.1, -0.05) is 30.5 Å². The third-order valence-corrected chi connectivity index (χ3v) is 5.77. The van der Waals surface area contributed by atoms with Crippen LogP contribution in [0, 0.1) is 0 Å². The first kappa shape index (κ1) is 21.0. The van der Waals surface area contributed by atoms with Crippen molar-refractivity contribution in [2.75, 3.05) is 13.7 Å². The Balaban J connectivity index is 1.96. The lowest BCUT2D eigenvalue weighted by Gasteiger charge is -2.64. The molecule has 1 spiro atoms. The van der Waals surface area contributed by atoms with Gasteiger partial charge < -0.3 is 14.8 Å². The van der Waals surface area contributed by atoms with Crippen molar-refractivity contribution in [3.8, 4) is 0 Å². The maximum atomic E-state index is 15.7. The minimum atomic E-state index is -3.62. The zero-order valence-electron chi connectivity index (χ0n) is 15.7. The molecule has 0 radical (unpaired) electrons. The molecule has 3 unspecified atom stereocenters. The number of carbonyl (C=O) groups is 2. The summed E-state index contributed by atoms with van der Waals surface area (Å²) in [6.45, 7) is 1.40. The Hall–Kier alpha value is -1.77. The highest BCUT2D eigenvalue weighted by Crippen LogP contribution is 2.55. The first-order chi connectivity index (χ1) is 13.2. The quantitative estimate of drug-likeness (QED) is 0.722. The number of carbonyl (C=O) groups excluding carboxylic acids is 2. The van der Waals surface area contributed by atoms with Gasteiger partial charge in [0.2, 0.25) is 0 Å². The molecule has 3 rings (SSSR count). The van der Waals surface area contributed by atoms with Crippen LogP contribution in [0.25, 0.3) is 0 Å². The normalized spacial score (nSPS) is 31.1. The molecule has 28 heavy (non-hydrogen) atoms. The molecule has 1 aliphatic heterocycles. The molecule has 1 aromatic carbocycles. The van der Waals surface area contributed by atoms with E-state index in [-0.39, 0.29) is 23.6 Å². The highest BCUT2D eigenvalue weighted by molar-refractivity contribution is 6.31.